The van der Waals surface area contributed by atoms with Gasteiger partial charge in [-0.2, -0.15) is 4.98 Å². The van der Waals surface area contributed by atoms with Crippen LogP contribution in [-0.2, 0) is 4.74 Å². The number of pyridine rings is 1. The average molecular weight is 364 g/mol. The molecule has 5 heterocycles. The molecule has 10 nitrogen and oxygen atoms in total. The second-order valence-corrected chi connectivity index (χ2v) is 6.11. The van der Waals surface area contributed by atoms with Crippen LogP contribution in [0.1, 0.15) is 5.89 Å². The van der Waals surface area contributed by atoms with E-state index in [4.69, 9.17) is 19.1 Å². The van der Waals surface area contributed by atoms with E-state index in [-0.39, 0.29) is 0 Å². The van der Waals surface area contributed by atoms with Gasteiger partial charge in [-0.15, -0.1) is 10.2 Å². The molecule has 0 unspecified atom stereocenters. The van der Waals surface area contributed by atoms with Crippen molar-refractivity contribution < 1.29 is 9.15 Å². The highest BCUT2D eigenvalue weighted by Gasteiger charge is 2.20. The van der Waals surface area contributed by atoms with Gasteiger partial charge in [0.1, 0.15) is 17.5 Å². The third-order valence-corrected chi connectivity index (χ3v) is 4.30. The van der Waals surface area contributed by atoms with Gasteiger partial charge in [-0.05, 0) is 12.1 Å². The molecule has 0 amide bonds. The van der Waals surface area contributed by atoms with Crippen molar-refractivity contribution in [3.63, 3.8) is 0 Å². The molecule has 0 bridgehead atoms. The maximum Gasteiger partial charge on any atom is 0.266 e. The van der Waals surface area contributed by atoms with Crippen molar-refractivity contribution in [1.29, 1.82) is 0 Å². The molecule has 136 valence electrons. The summed E-state index contributed by atoms with van der Waals surface area (Å²) in [5, 5.41) is 7.94. The Bertz CT molecular complexity index is 1090. The van der Waals surface area contributed by atoms with Crippen LogP contribution < -0.4 is 4.90 Å². The van der Waals surface area contributed by atoms with Crippen LogP contribution in [0.2, 0.25) is 0 Å². The second-order valence-electron chi connectivity index (χ2n) is 6.11. The first kappa shape index (κ1) is 15.8. The lowest BCUT2D eigenvalue weighted by atomic mass is 10.2. The standard InChI is InChI=1S/C17H16N8O2/c1-11-22-23-16(27-11)13-3-2-12-14(19-13)15(24-6-8-26-9-7-24)21-17(20-12)25-5-4-18-10-25/h2-5,10H,6-9H2,1H3. The summed E-state index contributed by atoms with van der Waals surface area (Å²) in [5.41, 5.74) is 2.01. The van der Waals surface area contributed by atoms with Gasteiger partial charge in [-0.25, -0.2) is 15.0 Å². The van der Waals surface area contributed by atoms with Crippen molar-refractivity contribution in [3.05, 3.63) is 36.7 Å². The van der Waals surface area contributed by atoms with Crippen LogP contribution in [-0.4, -0.2) is 61.0 Å². The average Bonchev–Trinajstić information content (AvgIpc) is 3.39. The first-order valence-corrected chi connectivity index (χ1v) is 8.58. The topological polar surface area (TPSA) is 108 Å². The van der Waals surface area contributed by atoms with E-state index >= 15 is 0 Å². The Labute approximate surface area is 153 Å². The van der Waals surface area contributed by atoms with Gasteiger partial charge in [0.25, 0.3) is 5.89 Å². The minimum absolute atomic E-state index is 0.376. The Hall–Kier alpha value is -3.40. The van der Waals surface area contributed by atoms with Gasteiger partial charge in [0.05, 0.1) is 18.7 Å². The van der Waals surface area contributed by atoms with E-state index in [0.29, 0.717) is 42.2 Å². The molecular formula is C17H16N8O2. The lowest BCUT2D eigenvalue weighted by Gasteiger charge is -2.28. The summed E-state index contributed by atoms with van der Waals surface area (Å²) in [4.78, 5) is 20.4. The molecule has 0 atom stereocenters. The fourth-order valence-corrected chi connectivity index (χ4v) is 2.99. The monoisotopic (exact) mass is 364 g/mol. The molecule has 0 radical (unpaired) electrons. The summed E-state index contributed by atoms with van der Waals surface area (Å²) in [6.45, 7) is 4.52. The molecule has 0 spiro atoms. The molecule has 1 aliphatic rings. The highest BCUT2D eigenvalue weighted by molar-refractivity contribution is 5.87. The van der Waals surface area contributed by atoms with E-state index in [2.05, 4.69) is 25.1 Å². The number of aromatic nitrogens is 7. The molecular weight excluding hydrogens is 348 g/mol. The smallest absolute Gasteiger partial charge is 0.266 e. The van der Waals surface area contributed by atoms with Gasteiger partial charge < -0.3 is 14.1 Å². The predicted octanol–water partition coefficient (Wildman–Crippen LogP) is 1.41. The van der Waals surface area contributed by atoms with Crippen LogP contribution in [0.3, 0.4) is 0 Å². The van der Waals surface area contributed by atoms with E-state index in [9.17, 15) is 0 Å². The van der Waals surface area contributed by atoms with E-state index < -0.39 is 0 Å². The maximum absolute atomic E-state index is 5.51. The molecule has 4 aromatic rings. The number of morpholine rings is 1. The Morgan fingerprint density at radius 3 is 2.67 bits per heavy atom. The van der Waals surface area contributed by atoms with E-state index in [1.54, 1.807) is 24.0 Å². The zero-order valence-corrected chi connectivity index (χ0v) is 14.6. The van der Waals surface area contributed by atoms with E-state index in [0.717, 1.165) is 24.4 Å². The molecule has 1 saturated heterocycles. The van der Waals surface area contributed by atoms with Crippen LogP contribution in [0.15, 0.2) is 35.3 Å². The molecule has 0 aliphatic carbocycles. The van der Waals surface area contributed by atoms with Crippen molar-refractivity contribution in [2.24, 2.45) is 0 Å². The summed E-state index contributed by atoms with van der Waals surface area (Å²) in [6.07, 6.45) is 5.18. The van der Waals surface area contributed by atoms with Crippen molar-refractivity contribution in [3.8, 4) is 17.5 Å². The normalized spacial score (nSPS) is 14.8. The lowest BCUT2D eigenvalue weighted by molar-refractivity contribution is 0.122. The molecule has 0 aromatic carbocycles. The quantitative estimate of drug-likeness (QED) is 0.533. The number of rotatable bonds is 3. The van der Waals surface area contributed by atoms with Crippen LogP contribution in [0.4, 0.5) is 5.82 Å². The molecule has 27 heavy (non-hydrogen) atoms. The van der Waals surface area contributed by atoms with Gasteiger partial charge in [0, 0.05) is 32.4 Å². The number of ether oxygens (including phenoxy) is 1. The minimum Gasteiger partial charge on any atom is -0.420 e. The molecule has 0 saturated carbocycles. The highest BCUT2D eigenvalue weighted by atomic mass is 16.5. The van der Waals surface area contributed by atoms with Gasteiger partial charge in [-0.1, -0.05) is 0 Å². The largest absolute Gasteiger partial charge is 0.420 e. The Kier molecular flexibility index (Phi) is 3.75. The number of hydrogen-bond acceptors (Lipinski definition) is 9. The molecule has 1 aliphatic heterocycles. The molecule has 0 N–H and O–H groups in total. The van der Waals surface area contributed by atoms with Crippen LogP contribution >= 0.6 is 0 Å². The molecule has 5 rings (SSSR count). The van der Waals surface area contributed by atoms with Crippen molar-refractivity contribution >= 4 is 16.9 Å². The number of nitrogens with zero attached hydrogens (tertiary/aromatic N) is 8. The van der Waals surface area contributed by atoms with Crippen molar-refractivity contribution in [2.45, 2.75) is 6.92 Å². The number of hydrogen-bond donors (Lipinski definition) is 0. The summed E-state index contributed by atoms with van der Waals surface area (Å²) < 4.78 is 12.8. The number of imidazole rings is 1. The van der Waals surface area contributed by atoms with E-state index in [1.807, 2.05) is 18.3 Å². The third kappa shape index (κ3) is 2.89. The fourth-order valence-electron chi connectivity index (χ4n) is 2.99. The Morgan fingerprint density at radius 1 is 1.04 bits per heavy atom. The van der Waals surface area contributed by atoms with Gasteiger partial charge in [0.2, 0.25) is 11.8 Å². The molecule has 4 aromatic heterocycles. The summed E-state index contributed by atoms with van der Waals surface area (Å²) >= 11 is 0. The molecule has 10 heteroatoms. The van der Waals surface area contributed by atoms with Gasteiger partial charge in [0.15, 0.2) is 5.82 Å². The summed E-state index contributed by atoms with van der Waals surface area (Å²) in [7, 11) is 0. The summed E-state index contributed by atoms with van der Waals surface area (Å²) in [5.74, 6) is 2.17. The zero-order valence-electron chi connectivity index (χ0n) is 14.6. The van der Waals surface area contributed by atoms with Gasteiger partial charge in [-0.3, -0.25) is 4.57 Å². The fraction of sp³-hybridized carbons (Fsp3) is 0.294. The predicted molar refractivity (Wildman–Crippen MR) is 95.5 cm³/mol. The van der Waals surface area contributed by atoms with Crippen LogP contribution in [0.25, 0.3) is 28.6 Å². The van der Waals surface area contributed by atoms with Crippen molar-refractivity contribution in [2.75, 3.05) is 31.2 Å². The summed E-state index contributed by atoms with van der Waals surface area (Å²) in [6, 6.07) is 3.71. The van der Waals surface area contributed by atoms with Crippen molar-refractivity contribution in [1.82, 2.24) is 34.7 Å². The third-order valence-electron chi connectivity index (χ3n) is 4.30. The minimum atomic E-state index is 0.376. The number of aryl methyl sites for hydroxylation is 1. The maximum atomic E-state index is 5.51. The first-order chi connectivity index (χ1) is 13.3. The van der Waals surface area contributed by atoms with Crippen LogP contribution in [0, 0.1) is 6.92 Å². The number of fused-ring (bicyclic) bond motifs is 1. The number of anilines is 1. The molecule has 1 fully saturated rings. The zero-order chi connectivity index (χ0) is 18.2. The highest BCUT2D eigenvalue weighted by Crippen LogP contribution is 2.27. The second kappa shape index (κ2) is 6.40. The SMILES string of the molecule is Cc1nnc(-c2ccc3nc(-n4ccnc4)nc(N4CCOCC4)c3n2)o1. The Balaban J connectivity index is 1.69. The lowest BCUT2D eigenvalue weighted by Crippen LogP contribution is -2.37. The first-order valence-electron chi connectivity index (χ1n) is 8.58. The van der Waals surface area contributed by atoms with Crippen LogP contribution in [0.5, 0.6) is 0 Å². The van der Waals surface area contributed by atoms with Gasteiger partial charge >= 0.3 is 0 Å². The Morgan fingerprint density at radius 2 is 1.93 bits per heavy atom. The van der Waals surface area contributed by atoms with E-state index in [1.165, 1.54) is 0 Å².